The molecule has 8 nitrogen and oxygen atoms in total. The van der Waals surface area contributed by atoms with Crippen LogP contribution in [-0.4, -0.2) is 33.6 Å². The van der Waals surface area contributed by atoms with E-state index in [4.69, 9.17) is 4.42 Å². The van der Waals surface area contributed by atoms with E-state index in [9.17, 15) is 9.59 Å². The Morgan fingerprint density at radius 3 is 2.88 bits per heavy atom. The summed E-state index contributed by atoms with van der Waals surface area (Å²) in [4.78, 5) is 31.7. The lowest BCUT2D eigenvalue weighted by molar-refractivity contribution is 0.0945. The van der Waals surface area contributed by atoms with Crippen LogP contribution in [0.4, 0.5) is 5.13 Å². The van der Waals surface area contributed by atoms with Gasteiger partial charge in [-0.25, -0.2) is 4.98 Å². The number of aromatic nitrogens is 3. The van der Waals surface area contributed by atoms with E-state index in [0.717, 1.165) is 36.8 Å². The zero-order valence-electron chi connectivity index (χ0n) is 13.7. The number of hydrogen-bond acceptors (Lipinski definition) is 7. The van der Waals surface area contributed by atoms with E-state index in [-0.39, 0.29) is 12.1 Å². The standard InChI is InChI=1S/C16H17N5O3S/c1-10-4-5-11(24-10)8-17-13(22)12-9-18-15-21(14(12)23)19-16(25-15)20-6-2-3-7-20/h4-5,9H,2-3,6-8H2,1H3,(H,17,22). The summed E-state index contributed by atoms with van der Waals surface area (Å²) in [5.41, 5.74) is -0.487. The van der Waals surface area contributed by atoms with Gasteiger partial charge in [-0.1, -0.05) is 11.3 Å². The first kappa shape index (κ1) is 15.8. The third-order valence-corrected chi connectivity index (χ3v) is 5.10. The zero-order chi connectivity index (χ0) is 17.4. The molecule has 3 aromatic heterocycles. The Kier molecular flexibility index (Phi) is 4.00. The molecule has 0 saturated carbocycles. The van der Waals surface area contributed by atoms with Crippen molar-refractivity contribution in [3.63, 3.8) is 0 Å². The van der Waals surface area contributed by atoms with Crippen molar-refractivity contribution >= 4 is 27.3 Å². The number of fused-ring (bicyclic) bond motifs is 1. The number of furan rings is 1. The molecule has 0 spiro atoms. The van der Waals surface area contributed by atoms with Crippen molar-refractivity contribution in [3.8, 4) is 0 Å². The SMILES string of the molecule is Cc1ccc(CNC(=O)c2cnc3sc(N4CCCC4)nn3c2=O)o1. The van der Waals surface area contributed by atoms with Crippen LogP contribution in [0.2, 0.25) is 0 Å². The minimum atomic E-state index is -0.489. The molecule has 130 valence electrons. The van der Waals surface area contributed by atoms with Crippen molar-refractivity contribution < 1.29 is 9.21 Å². The lowest BCUT2D eigenvalue weighted by Crippen LogP contribution is -2.31. The average Bonchev–Trinajstić information content (AvgIpc) is 3.33. The molecular formula is C16H17N5O3S. The van der Waals surface area contributed by atoms with Crippen molar-refractivity contribution in [2.75, 3.05) is 18.0 Å². The van der Waals surface area contributed by atoms with E-state index >= 15 is 0 Å². The minimum Gasteiger partial charge on any atom is -0.465 e. The topological polar surface area (TPSA) is 92.7 Å². The molecule has 1 amide bonds. The second-order valence-corrected chi connectivity index (χ2v) is 6.88. The van der Waals surface area contributed by atoms with Crippen LogP contribution in [0.15, 0.2) is 27.5 Å². The Morgan fingerprint density at radius 1 is 1.36 bits per heavy atom. The number of amides is 1. The van der Waals surface area contributed by atoms with Crippen LogP contribution in [0.1, 0.15) is 34.7 Å². The van der Waals surface area contributed by atoms with Crippen molar-refractivity contribution in [3.05, 3.63) is 45.8 Å². The van der Waals surface area contributed by atoms with Gasteiger partial charge in [0.15, 0.2) is 0 Å². The first-order valence-electron chi connectivity index (χ1n) is 8.09. The van der Waals surface area contributed by atoms with Crippen LogP contribution in [0.5, 0.6) is 0 Å². The number of carbonyl (C=O) groups is 1. The summed E-state index contributed by atoms with van der Waals surface area (Å²) in [5.74, 6) is 0.908. The van der Waals surface area contributed by atoms with E-state index < -0.39 is 11.5 Å². The number of rotatable bonds is 4. The Bertz CT molecular complexity index is 983. The Labute approximate surface area is 147 Å². The van der Waals surface area contributed by atoms with E-state index in [2.05, 4.69) is 20.3 Å². The summed E-state index contributed by atoms with van der Waals surface area (Å²) in [6.07, 6.45) is 3.56. The van der Waals surface area contributed by atoms with Gasteiger partial charge >= 0.3 is 0 Å². The summed E-state index contributed by atoms with van der Waals surface area (Å²) in [6, 6.07) is 3.60. The van der Waals surface area contributed by atoms with Gasteiger partial charge in [0.25, 0.3) is 11.5 Å². The number of hydrogen-bond donors (Lipinski definition) is 1. The molecule has 0 radical (unpaired) electrons. The first-order valence-corrected chi connectivity index (χ1v) is 8.91. The molecule has 1 fully saturated rings. The van der Waals surface area contributed by atoms with Crippen molar-refractivity contribution in [1.82, 2.24) is 19.9 Å². The fraction of sp³-hybridized carbons (Fsp3) is 0.375. The molecule has 4 rings (SSSR count). The average molecular weight is 359 g/mol. The van der Waals surface area contributed by atoms with Gasteiger partial charge in [-0.2, -0.15) is 4.52 Å². The summed E-state index contributed by atoms with van der Waals surface area (Å²) in [7, 11) is 0. The molecule has 0 atom stereocenters. The molecule has 25 heavy (non-hydrogen) atoms. The third kappa shape index (κ3) is 3.02. The smallest absolute Gasteiger partial charge is 0.288 e. The van der Waals surface area contributed by atoms with Crippen LogP contribution >= 0.6 is 11.3 Å². The van der Waals surface area contributed by atoms with E-state index in [1.54, 1.807) is 6.07 Å². The van der Waals surface area contributed by atoms with Gasteiger partial charge < -0.3 is 14.6 Å². The molecule has 3 aromatic rings. The number of aryl methyl sites for hydroxylation is 1. The molecule has 0 unspecified atom stereocenters. The summed E-state index contributed by atoms with van der Waals surface area (Å²) in [5, 5.41) is 7.79. The third-order valence-electron chi connectivity index (χ3n) is 4.12. The molecular weight excluding hydrogens is 342 g/mol. The molecule has 1 aliphatic rings. The van der Waals surface area contributed by atoms with Crippen LogP contribution in [0, 0.1) is 6.92 Å². The van der Waals surface area contributed by atoms with Crippen molar-refractivity contribution in [2.24, 2.45) is 0 Å². The van der Waals surface area contributed by atoms with E-state index in [1.807, 2.05) is 13.0 Å². The van der Waals surface area contributed by atoms with Crippen LogP contribution in [0.25, 0.3) is 4.96 Å². The van der Waals surface area contributed by atoms with Crippen molar-refractivity contribution in [2.45, 2.75) is 26.3 Å². The highest BCUT2D eigenvalue weighted by Gasteiger charge is 2.20. The van der Waals surface area contributed by atoms with Gasteiger partial charge in [0, 0.05) is 19.3 Å². The molecule has 9 heteroatoms. The maximum atomic E-state index is 12.6. The number of carbonyl (C=O) groups excluding carboxylic acids is 1. The van der Waals surface area contributed by atoms with Gasteiger partial charge in [-0.15, -0.1) is 5.10 Å². The monoisotopic (exact) mass is 359 g/mol. The Hall–Kier alpha value is -2.68. The summed E-state index contributed by atoms with van der Waals surface area (Å²) < 4.78 is 6.61. The normalized spacial score (nSPS) is 14.4. The van der Waals surface area contributed by atoms with Crippen molar-refractivity contribution in [1.29, 1.82) is 0 Å². The van der Waals surface area contributed by atoms with Gasteiger partial charge in [-0.3, -0.25) is 9.59 Å². The second-order valence-electron chi connectivity index (χ2n) is 5.95. The molecule has 1 N–H and O–H groups in total. The highest BCUT2D eigenvalue weighted by atomic mass is 32.1. The molecule has 4 heterocycles. The predicted octanol–water partition coefficient (Wildman–Crippen LogP) is 1.58. The van der Waals surface area contributed by atoms with E-state index in [1.165, 1.54) is 22.0 Å². The van der Waals surface area contributed by atoms with Crippen LogP contribution in [0.3, 0.4) is 0 Å². The van der Waals surface area contributed by atoms with Gasteiger partial charge in [0.05, 0.1) is 6.54 Å². The fourth-order valence-corrected chi connectivity index (χ4v) is 3.72. The predicted molar refractivity (Wildman–Crippen MR) is 93.2 cm³/mol. The van der Waals surface area contributed by atoms with Crippen LogP contribution in [-0.2, 0) is 6.54 Å². The fourth-order valence-electron chi connectivity index (χ4n) is 2.81. The highest BCUT2D eigenvalue weighted by Crippen LogP contribution is 2.24. The summed E-state index contributed by atoms with van der Waals surface area (Å²) >= 11 is 1.36. The Morgan fingerprint density at radius 2 is 2.16 bits per heavy atom. The summed E-state index contributed by atoms with van der Waals surface area (Å²) in [6.45, 7) is 3.91. The largest absolute Gasteiger partial charge is 0.465 e. The number of nitrogens with zero attached hydrogens (tertiary/aromatic N) is 4. The van der Waals surface area contributed by atoms with Gasteiger partial charge in [0.1, 0.15) is 17.1 Å². The molecule has 0 aliphatic carbocycles. The van der Waals surface area contributed by atoms with Crippen LogP contribution < -0.4 is 15.8 Å². The van der Waals surface area contributed by atoms with Gasteiger partial charge in [-0.05, 0) is 31.9 Å². The maximum Gasteiger partial charge on any atom is 0.288 e. The molecule has 1 saturated heterocycles. The zero-order valence-corrected chi connectivity index (χ0v) is 14.5. The lowest BCUT2D eigenvalue weighted by atomic mass is 10.3. The first-order chi connectivity index (χ1) is 12.1. The quantitative estimate of drug-likeness (QED) is 0.760. The second kappa shape index (κ2) is 6.32. The molecule has 0 aromatic carbocycles. The molecule has 1 aliphatic heterocycles. The Balaban J connectivity index is 1.57. The highest BCUT2D eigenvalue weighted by molar-refractivity contribution is 7.20. The minimum absolute atomic E-state index is 0.0287. The van der Waals surface area contributed by atoms with Gasteiger partial charge in [0.2, 0.25) is 10.1 Å². The van der Waals surface area contributed by atoms with E-state index in [0.29, 0.717) is 10.7 Å². The maximum absolute atomic E-state index is 12.6. The number of anilines is 1. The molecule has 0 bridgehead atoms. The lowest BCUT2D eigenvalue weighted by Gasteiger charge is -2.10. The number of nitrogens with one attached hydrogen (secondary N) is 1.